The van der Waals surface area contributed by atoms with E-state index >= 15 is 0 Å². The van der Waals surface area contributed by atoms with Crippen LogP contribution >= 0.6 is 0 Å². The molecule has 0 amide bonds. The molecule has 152 valence electrons. The average molecular weight is 393 g/mol. The SMILES string of the molecule is CC(C)NCCCOC1=CC=C(c2nc(Nc3ccc4[nH]ncc4c3)n[nH]2)CC1. The standard InChI is InChI=1S/C21H27N7O/c1-14(2)22-10-3-11-29-18-7-4-15(5-8-18)20-25-21(28-27-20)24-17-6-9-19-16(12-17)13-23-26-19/h4,6-7,9,12-14,22H,3,5,8,10-11H2,1-2H3,(H,23,26)(H2,24,25,27,28). The first-order valence-electron chi connectivity index (χ1n) is 10.1. The van der Waals surface area contributed by atoms with Gasteiger partial charge in [-0.2, -0.15) is 10.1 Å². The van der Waals surface area contributed by atoms with Gasteiger partial charge in [0.15, 0.2) is 5.82 Å². The van der Waals surface area contributed by atoms with E-state index in [1.807, 2.05) is 24.3 Å². The lowest BCUT2D eigenvalue weighted by Gasteiger charge is -2.15. The molecule has 8 nitrogen and oxygen atoms in total. The Morgan fingerprint density at radius 2 is 2.10 bits per heavy atom. The second-order valence-corrected chi connectivity index (χ2v) is 7.44. The highest BCUT2D eigenvalue weighted by atomic mass is 16.5. The topological polar surface area (TPSA) is 104 Å². The number of rotatable bonds is 9. The van der Waals surface area contributed by atoms with Crippen LogP contribution in [0.5, 0.6) is 0 Å². The van der Waals surface area contributed by atoms with Crippen molar-refractivity contribution in [3.8, 4) is 0 Å². The van der Waals surface area contributed by atoms with Gasteiger partial charge in [-0.05, 0) is 49.2 Å². The van der Waals surface area contributed by atoms with Crippen LogP contribution in [0.2, 0.25) is 0 Å². The Morgan fingerprint density at radius 1 is 1.17 bits per heavy atom. The molecule has 1 aliphatic rings. The van der Waals surface area contributed by atoms with Crippen molar-refractivity contribution in [1.82, 2.24) is 30.7 Å². The van der Waals surface area contributed by atoms with E-state index < -0.39 is 0 Å². The summed E-state index contributed by atoms with van der Waals surface area (Å²) in [6, 6.07) is 6.48. The molecule has 0 radical (unpaired) electrons. The van der Waals surface area contributed by atoms with Crippen LogP contribution in [-0.2, 0) is 4.74 Å². The second-order valence-electron chi connectivity index (χ2n) is 7.44. The first-order valence-corrected chi connectivity index (χ1v) is 10.1. The van der Waals surface area contributed by atoms with Crippen LogP contribution in [0.25, 0.3) is 16.5 Å². The minimum absolute atomic E-state index is 0.518. The van der Waals surface area contributed by atoms with Gasteiger partial charge in [0, 0.05) is 23.5 Å². The summed E-state index contributed by atoms with van der Waals surface area (Å²) in [5.41, 5.74) is 3.05. The third-order valence-electron chi connectivity index (χ3n) is 4.76. The molecule has 29 heavy (non-hydrogen) atoms. The number of aromatic amines is 2. The van der Waals surface area contributed by atoms with E-state index in [2.05, 4.69) is 55.9 Å². The third-order valence-corrected chi connectivity index (χ3v) is 4.76. The molecular formula is C21H27N7O. The van der Waals surface area contributed by atoms with Gasteiger partial charge in [0.2, 0.25) is 5.95 Å². The van der Waals surface area contributed by atoms with E-state index in [0.29, 0.717) is 12.0 Å². The fraction of sp³-hybridized carbons (Fsp3) is 0.381. The summed E-state index contributed by atoms with van der Waals surface area (Å²) in [5, 5.41) is 22.0. The molecule has 2 heterocycles. The van der Waals surface area contributed by atoms with Gasteiger partial charge in [-0.1, -0.05) is 19.9 Å². The molecule has 4 rings (SSSR count). The van der Waals surface area contributed by atoms with Crippen molar-refractivity contribution in [3.05, 3.63) is 48.1 Å². The molecule has 3 aromatic rings. The van der Waals surface area contributed by atoms with Crippen LogP contribution < -0.4 is 10.6 Å². The number of ether oxygens (including phenoxy) is 1. The van der Waals surface area contributed by atoms with Crippen molar-refractivity contribution in [1.29, 1.82) is 0 Å². The number of allylic oxidation sites excluding steroid dienone is 4. The van der Waals surface area contributed by atoms with Crippen LogP contribution in [0.3, 0.4) is 0 Å². The highest BCUT2D eigenvalue weighted by Gasteiger charge is 2.13. The lowest BCUT2D eigenvalue weighted by atomic mass is 10.0. The van der Waals surface area contributed by atoms with Crippen molar-refractivity contribution >= 4 is 28.1 Å². The number of nitrogens with zero attached hydrogens (tertiary/aromatic N) is 3. The minimum atomic E-state index is 0.518. The van der Waals surface area contributed by atoms with E-state index in [0.717, 1.165) is 66.2 Å². The Balaban J connectivity index is 1.32. The van der Waals surface area contributed by atoms with Crippen molar-refractivity contribution < 1.29 is 4.74 Å². The molecule has 1 aromatic carbocycles. The maximum absolute atomic E-state index is 5.87. The molecule has 0 saturated carbocycles. The molecule has 0 spiro atoms. The molecule has 4 N–H and O–H groups in total. The smallest absolute Gasteiger partial charge is 0.246 e. The number of anilines is 2. The number of benzene rings is 1. The summed E-state index contributed by atoms with van der Waals surface area (Å²) in [7, 11) is 0. The van der Waals surface area contributed by atoms with Crippen molar-refractivity contribution in [2.24, 2.45) is 0 Å². The first-order chi connectivity index (χ1) is 14.2. The fourth-order valence-corrected chi connectivity index (χ4v) is 3.21. The second kappa shape index (κ2) is 8.91. The number of hydrogen-bond acceptors (Lipinski definition) is 6. The Labute approximate surface area is 169 Å². The number of fused-ring (bicyclic) bond motifs is 1. The van der Waals surface area contributed by atoms with Crippen molar-refractivity contribution in [2.75, 3.05) is 18.5 Å². The predicted molar refractivity (Wildman–Crippen MR) is 115 cm³/mol. The molecule has 0 fully saturated rings. The number of hydrogen-bond donors (Lipinski definition) is 4. The Kier molecular flexibility index (Phi) is 5.90. The summed E-state index contributed by atoms with van der Waals surface area (Å²) in [4.78, 5) is 4.58. The molecular weight excluding hydrogens is 366 g/mol. The Bertz CT molecular complexity index is 1010. The number of nitrogens with one attached hydrogen (secondary N) is 4. The zero-order valence-electron chi connectivity index (χ0n) is 16.8. The summed E-state index contributed by atoms with van der Waals surface area (Å²) < 4.78 is 5.87. The van der Waals surface area contributed by atoms with Crippen molar-refractivity contribution in [3.63, 3.8) is 0 Å². The van der Waals surface area contributed by atoms with Crippen LogP contribution in [0.4, 0.5) is 11.6 Å². The highest BCUT2D eigenvalue weighted by Crippen LogP contribution is 2.26. The van der Waals surface area contributed by atoms with Gasteiger partial charge in [0.25, 0.3) is 0 Å². The molecule has 0 unspecified atom stereocenters. The van der Waals surface area contributed by atoms with E-state index in [-0.39, 0.29) is 0 Å². The molecule has 2 aromatic heterocycles. The summed E-state index contributed by atoms with van der Waals surface area (Å²) in [5.74, 6) is 2.37. The Hall–Kier alpha value is -3.13. The molecule has 0 bridgehead atoms. The number of aromatic nitrogens is 5. The lowest BCUT2D eigenvalue weighted by molar-refractivity contribution is 0.197. The predicted octanol–water partition coefficient (Wildman–Crippen LogP) is 3.89. The van der Waals surface area contributed by atoms with E-state index in [1.165, 1.54) is 0 Å². The maximum atomic E-state index is 5.87. The zero-order chi connectivity index (χ0) is 20.1. The van der Waals surface area contributed by atoms with Gasteiger partial charge < -0.3 is 15.4 Å². The zero-order valence-corrected chi connectivity index (χ0v) is 16.8. The summed E-state index contributed by atoms with van der Waals surface area (Å²) >= 11 is 0. The summed E-state index contributed by atoms with van der Waals surface area (Å²) in [6.07, 6.45) is 8.66. The van der Waals surface area contributed by atoms with Gasteiger partial charge >= 0.3 is 0 Å². The maximum Gasteiger partial charge on any atom is 0.246 e. The molecule has 0 saturated heterocycles. The van der Waals surface area contributed by atoms with E-state index in [9.17, 15) is 0 Å². The van der Waals surface area contributed by atoms with Gasteiger partial charge in [-0.15, -0.1) is 5.10 Å². The highest BCUT2D eigenvalue weighted by molar-refractivity contribution is 5.82. The average Bonchev–Trinajstić information content (AvgIpc) is 3.37. The van der Waals surface area contributed by atoms with Gasteiger partial charge in [-0.3, -0.25) is 10.2 Å². The minimum Gasteiger partial charge on any atom is -0.498 e. The van der Waals surface area contributed by atoms with Gasteiger partial charge in [0.1, 0.15) is 0 Å². The van der Waals surface area contributed by atoms with Crippen LogP contribution in [0.15, 0.2) is 42.3 Å². The Morgan fingerprint density at radius 3 is 2.93 bits per heavy atom. The van der Waals surface area contributed by atoms with Gasteiger partial charge in [0.05, 0.1) is 24.1 Å². The van der Waals surface area contributed by atoms with Crippen LogP contribution in [0, 0.1) is 0 Å². The van der Waals surface area contributed by atoms with E-state index in [4.69, 9.17) is 4.74 Å². The molecule has 0 atom stereocenters. The number of H-pyrrole nitrogens is 2. The monoisotopic (exact) mass is 393 g/mol. The normalized spacial score (nSPS) is 14.2. The molecule has 8 heteroatoms. The van der Waals surface area contributed by atoms with Crippen LogP contribution in [-0.4, -0.2) is 44.6 Å². The van der Waals surface area contributed by atoms with Gasteiger partial charge in [-0.25, -0.2) is 0 Å². The van der Waals surface area contributed by atoms with E-state index in [1.54, 1.807) is 6.20 Å². The van der Waals surface area contributed by atoms with Crippen molar-refractivity contribution in [2.45, 2.75) is 39.2 Å². The fourth-order valence-electron chi connectivity index (χ4n) is 3.21. The molecule has 0 aliphatic heterocycles. The van der Waals surface area contributed by atoms with Crippen LogP contribution in [0.1, 0.15) is 38.9 Å². The third kappa shape index (κ3) is 5.03. The largest absolute Gasteiger partial charge is 0.498 e. The molecule has 1 aliphatic carbocycles. The summed E-state index contributed by atoms with van der Waals surface area (Å²) in [6.45, 7) is 6.03. The lowest BCUT2D eigenvalue weighted by Crippen LogP contribution is -2.24. The first kappa shape index (κ1) is 19.2. The quantitative estimate of drug-likeness (QED) is 0.411.